The first-order valence-electron chi connectivity index (χ1n) is 7.68. The number of rotatable bonds is 4. The van der Waals surface area contributed by atoms with Crippen LogP contribution in [0.25, 0.3) is 5.70 Å². The minimum atomic E-state index is 0.392. The molecule has 0 radical (unpaired) electrons. The molecule has 3 heterocycles. The van der Waals surface area contributed by atoms with Gasteiger partial charge in [0.05, 0.1) is 31.3 Å². The Bertz CT molecular complexity index is 754. The highest BCUT2D eigenvalue weighted by Gasteiger charge is 2.23. The third-order valence-corrected chi connectivity index (χ3v) is 4.10. The van der Waals surface area contributed by atoms with Gasteiger partial charge in [0.2, 0.25) is 5.89 Å². The fraction of sp³-hybridized carbons (Fsp3) is 0.438. The maximum absolute atomic E-state index is 6.01. The van der Waals surface area contributed by atoms with Gasteiger partial charge in [0.15, 0.2) is 0 Å². The number of hydrogen-bond donors (Lipinski definition) is 1. The van der Waals surface area contributed by atoms with E-state index in [1.165, 1.54) is 12.0 Å². The van der Waals surface area contributed by atoms with Crippen LogP contribution < -0.4 is 5.73 Å². The zero-order valence-corrected chi connectivity index (χ0v) is 13.9. The van der Waals surface area contributed by atoms with Crippen LogP contribution in [0.4, 0.5) is 0 Å². The van der Waals surface area contributed by atoms with Crippen LogP contribution >= 0.6 is 0 Å². The minimum absolute atomic E-state index is 0.392. The summed E-state index contributed by atoms with van der Waals surface area (Å²) in [6.07, 6.45) is 5.04. The molecule has 23 heavy (non-hydrogen) atoms. The van der Waals surface area contributed by atoms with Crippen molar-refractivity contribution >= 4 is 11.5 Å². The molecule has 7 nitrogen and oxygen atoms in total. The predicted octanol–water partition coefficient (Wildman–Crippen LogP) is 2.32. The normalized spacial score (nSPS) is 15.5. The van der Waals surface area contributed by atoms with Crippen LogP contribution in [-0.2, 0) is 6.54 Å². The summed E-state index contributed by atoms with van der Waals surface area (Å²) in [5.41, 5.74) is 9.89. The van der Waals surface area contributed by atoms with Crippen molar-refractivity contribution in [1.82, 2.24) is 19.4 Å². The first kappa shape index (κ1) is 15.3. The summed E-state index contributed by atoms with van der Waals surface area (Å²) in [4.78, 5) is 15.3. The Hall–Kier alpha value is -2.57. The largest absolute Gasteiger partial charge is 0.443 e. The van der Waals surface area contributed by atoms with Crippen molar-refractivity contribution in [2.45, 2.75) is 40.3 Å². The van der Waals surface area contributed by atoms with Crippen LogP contribution in [0, 0.1) is 6.92 Å². The molecular formula is C16H22N6O. The summed E-state index contributed by atoms with van der Waals surface area (Å²) in [7, 11) is 0. The van der Waals surface area contributed by atoms with E-state index in [1.807, 2.05) is 13.3 Å². The number of nitrogens with zero attached hydrogens (tertiary/aromatic N) is 5. The van der Waals surface area contributed by atoms with Gasteiger partial charge in [0.1, 0.15) is 17.8 Å². The third kappa shape index (κ3) is 2.86. The average molecular weight is 314 g/mol. The fourth-order valence-electron chi connectivity index (χ4n) is 2.76. The van der Waals surface area contributed by atoms with E-state index in [4.69, 9.17) is 10.2 Å². The molecule has 2 aromatic heterocycles. The summed E-state index contributed by atoms with van der Waals surface area (Å²) < 4.78 is 7.54. The van der Waals surface area contributed by atoms with Crippen LogP contribution in [0.2, 0.25) is 0 Å². The highest BCUT2D eigenvalue weighted by molar-refractivity contribution is 5.90. The van der Waals surface area contributed by atoms with E-state index in [2.05, 4.69) is 45.2 Å². The number of imidazole rings is 1. The summed E-state index contributed by atoms with van der Waals surface area (Å²) in [5, 5.41) is 0. The first-order valence-corrected chi connectivity index (χ1v) is 7.68. The Morgan fingerprint density at radius 3 is 2.70 bits per heavy atom. The molecule has 0 saturated carbocycles. The highest BCUT2D eigenvalue weighted by Crippen LogP contribution is 2.26. The predicted molar refractivity (Wildman–Crippen MR) is 88.5 cm³/mol. The molecule has 0 bridgehead atoms. The smallest absolute Gasteiger partial charge is 0.246 e. The molecule has 0 amide bonds. The Labute approximate surface area is 135 Å². The summed E-state index contributed by atoms with van der Waals surface area (Å²) >= 11 is 0. The second kappa shape index (κ2) is 5.91. The van der Waals surface area contributed by atoms with E-state index in [1.54, 1.807) is 6.20 Å². The van der Waals surface area contributed by atoms with Gasteiger partial charge in [-0.05, 0) is 27.7 Å². The van der Waals surface area contributed by atoms with Gasteiger partial charge in [0, 0.05) is 17.4 Å². The van der Waals surface area contributed by atoms with Crippen molar-refractivity contribution in [3.63, 3.8) is 0 Å². The maximum Gasteiger partial charge on any atom is 0.246 e. The van der Waals surface area contributed by atoms with Crippen molar-refractivity contribution < 1.29 is 4.42 Å². The lowest BCUT2D eigenvalue weighted by Crippen LogP contribution is -2.36. The van der Waals surface area contributed by atoms with Crippen LogP contribution in [-0.4, -0.2) is 31.8 Å². The Morgan fingerprint density at radius 1 is 1.30 bits per heavy atom. The first-order chi connectivity index (χ1) is 11.0. The van der Waals surface area contributed by atoms with Gasteiger partial charge in [-0.3, -0.25) is 0 Å². The van der Waals surface area contributed by atoms with Gasteiger partial charge in [-0.15, -0.1) is 0 Å². The van der Waals surface area contributed by atoms with Gasteiger partial charge in [-0.1, -0.05) is 0 Å². The molecule has 3 rings (SSSR count). The molecule has 0 spiro atoms. The summed E-state index contributed by atoms with van der Waals surface area (Å²) in [6, 6.07) is 0.392. The standard InChI is InChI=1S/C16H22N6O/c1-10(2)22-9-19-13(11(22)3)7-21-8-14(17)20-15(12(21)4)16-18-5-6-23-16/h5-6,9-10H,7-8H2,1-4H3,(H2,17,20). The lowest BCUT2D eigenvalue weighted by Gasteiger charge is -2.29. The topological polar surface area (TPSA) is 85.5 Å². The lowest BCUT2D eigenvalue weighted by atomic mass is 10.2. The minimum Gasteiger partial charge on any atom is -0.443 e. The Morgan fingerprint density at radius 2 is 2.09 bits per heavy atom. The number of oxazole rings is 1. The monoisotopic (exact) mass is 314 g/mol. The molecule has 0 atom stereocenters. The molecule has 2 N–H and O–H groups in total. The van der Waals surface area contributed by atoms with Crippen LogP contribution in [0.1, 0.15) is 44.1 Å². The number of hydrogen-bond acceptors (Lipinski definition) is 6. The van der Waals surface area contributed by atoms with E-state index < -0.39 is 0 Å². The zero-order chi connectivity index (χ0) is 16.6. The van der Waals surface area contributed by atoms with Crippen molar-refractivity contribution in [2.24, 2.45) is 10.7 Å². The number of amidine groups is 1. The molecule has 0 unspecified atom stereocenters. The van der Waals surface area contributed by atoms with Crippen molar-refractivity contribution in [1.29, 1.82) is 0 Å². The molecule has 0 aliphatic carbocycles. The summed E-state index contributed by atoms with van der Waals surface area (Å²) in [5.74, 6) is 1.03. The van der Waals surface area contributed by atoms with Gasteiger partial charge in [-0.25, -0.2) is 15.0 Å². The van der Waals surface area contributed by atoms with Crippen molar-refractivity contribution in [3.05, 3.63) is 41.8 Å². The second-order valence-corrected chi connectivity index (χ2v) is 6.01. The second-order valence-electron chi connectivity index (χ2n) is 6.01. The third-order valence-electron chi connectivity index (χ3n) is 4.10. The Kier molecular flexibility index (Phi) is 3.94. The molecular weight excluding hydrogens is 292 g/mol. The Balaban J connectivity index is 1.90. The number of aromatic nitrogens is 3. The number of aliphatic imine (C=N–C) groups is 1. The molecule has 1 aliphatic rings. The SMILES string of the molecule is CC1=C(c2ncco2)N=C(N)CN1Cc1ncn(C(C)C)c1C. The quantitative estimate of drug-likeness (QED) is 0.936. The molecule has 7 heteroatoms. The highest BCUT2D eigenvalue weighted by atomic mass is 16.3. The fourth-order valence-corrected chi connectivity index (χ4v) is 2.76. The van der Waals surface area contributed by atoms with Gasteiger partial charge >= 0.3 is 0 Å². The van der Waals surface area contributed by atoms with Crippen LogP contribution in [0.3, 0.4) is 0 Å². The van der Waals surface area contributed by atoms with Crippen molar-refractivity contribution in [2.75, 3.05) is 6.54 Å². The number of allylic oxidation sites excluding steroid dienone is 1. The summed E-state index contributed by atoms with van der Waals surface area (Å²) in [6.45, 7) is 9.65. The van der Waals surface area contributed by atoms with E-state index in [0.29, 0.717) is 36.6 Å². The average Bonchev–Trinajstić information content (AvgIpc) is 3.13. The van der Waals surface area contributed by atoms with E-state index in [9.17, 15) is 0 Å². The van der Waals surface area contributed by atoms with E-state index in [0.717, 1.165) is 11.4 Å². The number of nitrogens with two attached hydrogens (primary N) is 1. The molecule has 0 saturated heterocycles. The van der Waals surface area contributed by atoms with Crippen LogP contribution in [0.5, 0.6) is 0 Å². The van der Waals surface area contributed by atoms with Gasteiger partial charge < -0.3 is 19.6 Å². The van der Waals surface area contributed by atoms with Gasteiger partial charge in [-0.2, -0.15) is 0 Å². The zero-order valence-electron chi connectivity index (χ0n) is 13.9. The van der Waals surface area contributed by atoms with Gasteiger partial charge in [0.25, 0.3) is 0 Å². The van der Waals surface area contributed by atoms with Crippen LogP contribution in [0.15, 0.2) is 33.9 Å². The molecule has 0 aromatic carbocycles. The lowest BCUT2D eigenvalue weighted by molar-refractivity contribution is 0.372. The molecule has 122 valence electrons. The molecule has 1 aliphatic heterocycles. The van der Waals surface area contributed by atoms with E-state index >= 15 is 0 Å². The molecule has 2 aromatic rings. The molecule has 0 fully saturated rings. The van der Waals surface area contributed by atoms with E-state index in [-0.39, 0.29) is 0 Å². The van der Waals surface area contributed by atoms with Crippen molar-refractivity contribution in [3.8, 4) is 0 Å². The maximum atomic E-state index is 6.01.